The first-order valence-electron chi connectivity index (χ1n) is 12.3. The van der Waals surface area contributed by atoms with Crippen LogP contribution in [0.3, 0.4) is 0 Å². The second-order valence-electron chi connectivity index (χ2n) is 9.73. The number of amides is 1. The zero-order chi connectivity index (χ0) is 25.0. The van der Waals surface area contributed by atoms with Gasteiger partial charge in [-0.15, -0.1) is 0 Å². The highest BCUT2D eigenvalue weighted by Gasteiger charge is 2.49. The van der Waals surface area contributed by atoms with E-state index in [0.717, 1.165) is 19.3 Å². The monoisotopic (exact) mass is 509 g/mol. The molecule has 6 rings (SSSR count). The average Bonchev–Trinajstić information content (AvgIpc) is 3.39. The van der Waals surface area contributed by atoms with Gasteiger partial charge in [-0.25, -0.2) is 9.18 Å². The summed E-state index contributed by atoms with van der Waals surface area (Å²) in [6.45, 7) is 2.46. The number of rotatable bonds is 3. The Labute approximate surface area is 211 Å². The van der Waals surface area contributed by atoms with Gasteiger partial charge in [0.15, 0.2) is 5.78 Å². The highest BCUT2D eigenvalue weighted by atomic mass is 35.5. The van der Waals surface area contributed by atoms with Gasteiger partial charge in [0.1, 0.15) is 17.1 Å². The zero-order valence-electron chi connectivity index (χ0n) is 19.6. The number of carbonyl (C=O) groups is 3. The summed E-state index contributed by atoms with van der Waals surface area (Å²) in [4.78, 5) is 45.5. The lowest BCUT2D eigenvalue weighted by Crippen LogP contribution is -2.40. The van der Waals surface area contributed by atoms with Crippen molar-refractivity contribution in [3.8, 4) is 0 Å². The van der Waals surface area contributed by atoms with Crippen LogP contribution >= 0.6 is 11.6 Å². The van der Waals surface area contributed by atoms with Crippen molar-refractivity contribution in [1.82, 2.24) is 15.2 Å². The molecule has 186 valence electrons. The van der Waals surface area contributed by atoms with Gasteiger partial charge in [0.05, 0.1) is 16.7 Å². The topological polar surface area (TPSA) is 91.5 Å². The molecule has 1 amide bonds. The second kappa shape index (κ2) is 8.71. The highest BCUT2D eigenvalue weighted by Crippen LogP contribution is 2.45. The van der Waals surface area contributed by atoms with Crippen molar-refractivity contribution in [2.45, 2.75) is 37.7 Å². The SMILES string of the molecule is O=C1OC2(CCNCC2)c2ccc(F)c(C(=O)c3c(C(=O)N4CCCCC4)[nH]c4cc(Cl)ccc34)c21. The number of ketones is 1. The van der Waals surface area contributed by atoms with Crippen LogP contribution in [-0.2, 0) is 10.3 Å². The minimum atomic E-state index is -0.874. The summed E-state index contributed by atoms with van der Waals surface area (Å²) in [7, 11) is 0. The maximum atomic E-state index is 15.4. The van der Waals surface area contributed by atoms with Crippen molar-refractivity contribution >= 4 is 40.2 Å². The molecule has 0 unspecified atom stereocenters. The number of ether oxygens (including phenoxy) is 1. The number of hydrogen-bond donors (Lipinski definition) is 2. The summed E-state index contributed by atoms with van der Waals surface area (Å²) in [5, 5.41) is 4.12. The number of piperidine rings is 2. The molecule has 1 aromatic heterocycles. The van der Waals surface area contributed by atoms with Crippen molar-refractivity contribution in [2.24, 2.45) is 0 Å². The van der Waals surface area contributed by atoms with E-state index in [4.69, 9.17) is 16.3 Å². The van der Waals surface area contributed by atoms with E-state index in [-0.39, 0.29) is 28.3 Å². The fraction of sp³-hybridized carbons (Fsp3) is 0.370. The van der Waals surface area contributed by atoms with Crippen molar-refractivity contribution in [3.63, 3.8) is 0 Å². The van der Waals surface area contributed by atoms with Gasteiger partial charge in [0.25, 0.3) is 5.91 Å². The Morgan fingerprint density at radius 1 is 1.03 bits per heavy atom. The first-order chi connectivity index (χ1) is 17.4. The standard InChI is InChI=1S/C27H25ClFN3O4/c28-15-4-5-16-19(14-15)31-23(25(34)32-12-2-1-3-13-32)20(16)24(33)22-18(29)7-6-17-21(22)26(35)36-27(17)8-10-30-11-9-27/h4-7,14,30-31H,1-3,8-13H2. The fourth-order valence-corrected chi connectivity index (χ4v) is 5.99. The molecule has 3 aliphatic heterocycles. The van der Waals surface area contributed by atoms with E-state index in [2.05, 4.69) is 10.3 Å². The van der Waals surface area contributed by atoms with Gasteiger partial charge in [-0.2, -0.15) is 0 Å². The number of H-pyrrole nitrogens is 1. The molecular formula is C27H25ClFN3O4. The molecule has 0 atom stereocenters. The third-order valence-electron chi connectivity index (χ3n) is 7.62. The number of carbonyl (C=O) groups excluding carboxylic acids is 3. The molecule has 0 saturated carbocycles. The van der Waals surface area contributed by atoms with Crippen molar-refractivity contribution < 1.29 is 23.5 Å². The third-order valence-corrected chi connectivity index (χ3v) is 7.86. The van der Waals surface area contributed by atoms with Crippen LogP contribution < -0.4 is 5.32 Å². The lowest BCUT2D eigenvalue weighted by atomic mass is 9.82. The second-order valence-corrected chi connectivity index (χ2v) is 10.2. The predicted octanol–water partition coefficient (Wildman–Crippen LogP) is 4.57. The van der Waals surface area contributed by atoms with E-state index in [9.17, 15) is 14.4 Å². The van der Waals surface area contributed by atoms with Gasteiger partial charge >= 0.3 is 5.97 Å². The Bertz CT molecular complexity index is 1420. The van der Waals surface area contributed by atoms with Crippen LogP contribution in [0.15, 0.2) is 30.3 Å². The number of aromatic nitrogens is 1. The number of hydrogen-bond acceptors (Lipinski definition) is 5. The number of fused-ring (bicyclic) bond motifs is 3. The smallest absolute Gasteiger partial charge is 0.340 e. The van der Waals surface area contributed by atoms with Crippen molar-refractivity contribution in [3.05, 3.63) is 69.1 Å². The molecule has 3 aromatic rings. The minimum absolute atomic E-state index is 0.0402. The van der Waals surface area contributed by atoms with E-state index in [1.165, 1.54) is 6.07 Å². The number of nitrogens with zero attached hydrogens (tertiary/aromatic N) is 1. The molecule has 0 radical (unpaired) electrons. The molecule has 4 heterocycles. The van der Waals surface area contributed by atoms with Gasteiger partial charge in [0.2, 0.25) is 0 Å². The van der Waals surface area contributed by atoms with Gasteiger partial charge in [-0.1, -0.05) is 23.7 Å². The van der Waals surface area contributed by atoms with E-state index in [0.29, 0.717) is 60.5 Å². The molecule has 1 spiro atoms. The molecule has 3 aliphatic rings. The van der Waals surface area contributed by atoms with Crippen LogP contribution in [0, 0.1) is 5.82 Å². The lowest BCUT2D eigenvalue weighted by Gasteiger charge is -2.33. The fourth-order valence-electron chi connectivity index (χ4n) is 5.82. The van der Waals surface area contributed by atoms with E-state index in [1.54, 1.807) is 29.2 Å². The van der Waals surface area contributed by atoms with E-state index in [1.807, 2.05) is 0 Å². The summed E-state index contributed by atoms with van der Waals surface area (Å²) in [5.74, 6) is -2.57. The summed E-state index contributed by atoms with van der Waals surface area (Å²) in [6, 6.07) is 7.66. The Hall–Kier alpha value is -3.23. The normalized spacial score (nSPS) is 18.9. The lowest BCUT2D eigenvalue weighted by molar-refractivity contribution is -0.0242. The van der Waals surface area contributed by atoms with Crippen molar-refractivity contribution in [2.75, 3.05) is 26.2 Å². The zero-order valence-corrected chi connectivity index (χ0v) is 20.3. The maximum absolute atomic E-state index is 15.4. The largest absolute Gasteiger partial charge is 0.450 e. The number of nitrogens with one attached hydrogen (secondary N) is 2. The van der Waals surface area contributed by atoms with Crippen LogP contribution in [-0.4, -0.2) is 53.7 Å². The molecule has 36 heavy (non-hydrogen) atoms. The van der Waals surface area contributed by atoms with E-state index >= 15 is 4.39 Å². The Morgan fingerprint density at radius 3 is 2.53 bits per heavy atom. The first-order valence-corrected chi connectivity index (χ1v) is 12.7. The highest BCUT2D eigenvalue weighted by molar-refractivity contribution is 6.32. The molecule has 9 heteroatoms. The van der Waals surface area contributed by atoms with Gasteiger partial charge in [-0.05, 0) is 50.6 Å². The van der Waals surface area contributed by atoms with Crippen LogP contribution in [0.4, 0.5) is 4.39 Å². The molecule has 2 saturated heterocycles. The number of aromatic amines is 1. The number of benzene rings is 2. The Kier molecular flexibility index (Phi) is 5.61. The molecule has 2 aromatic carbocycles. The quantitative estimate of drug-likeness (QED) is 0.399. The number of esters is 1. The van der Waals surface area contributed by atoms with Gasteiger partial charge in [-0.3, -0.25) is 9.59 Å². The summed E-state index contributed by atoms with van der Waals surface area (Å²) in [6.07, 6.45) is 3.87. The Balaban J connectivity index is 1.53. The Morgan fingerprint density at radius 2 is 1.78 bits per heavy atom. The van der Waals surface area contributed by atoms with Gasteiger partial charge in [0, 0.05) is 47.4 Å². The van der Waals surface area contributed by atoms with Crippen LogP contribution in [0.2, 0.25) is 5.02 Å². The molecule has 7 nitrogen and oxygen atoms in total. The number of likely N-dealkylation sites (tertiary alicyclic amines) is 1. The summed E-state index contributed by atoms with van der Waals surface area (Å²) in [5.41, 5.74) is -0.108. The van der Waals surface area contributed by atoms with Crippen LogP contribution in [0.1, 0.15) is 74.4 Å². The average molecular weight is 510 g/mol. The molecular weight excluding hydrogens is 485 g/mol. The number of halogens is 2. The predicted molar refractivity (Wildman–Crippen MR) is 132 cm³/mol. The maximum Gasteiger partial charge on any atom is 0.340 e. The molecule has 2 N–H and O–H groups in total. The van der Waals surface area contributed by atoms with E-state index < -0.39 is 23.2 Å². The first kappa shape index (κ1) is 23.2. The van der Waals surface area contributed by atoms with Crippen LogP contribution in [0.25, 0.3) is 10.9 Å². The molecule has 0 bridgehead atoms. The summed E-state index contributed by atoms with van der Waals surface area (Å²) >= 11 is 6.18. The summed E-state index contributed by atoms with van der Waals surface area (Å²) < 4.78 is 21.2. The van der Waals surface area contributed by atoms with Crippen LogP contribution in [0.5, 0.6) is 0 Å². The van der Waals surface area contributed by atoms with Crippen molar-refractivity contribution in [1.29, 1.82) is 0 Å². The third kappa shape index (κ3) is 3.54. The molecule has 0 aliphatic carbocycles. The van der Waals surface area contributed by atoms with Gasteiger partial charge < -0.3 is 19.9 Å². The minimum Gasteiger partial charge on any atom is -0.450 e. The molecule has 2 fully saturated rings.